The summed E-state index contributed by atoms with van der Waals surface area (Å²) in [5.74, 6) is 0.501. The first-order valence-corrected chi connectivity index (χ1v) is 7.48. The van der Waals surface area contributed by atoms with Gasteiger partial charge in [-0.25, -0.2) is 9.67 Å². The van der Waals surface area contributed by atoms with Crippen molar-refractivity contribution in [2.24, 2.45) is 0 Å². The Kier molecular flexibility index (Phi) is 5.51. The van der Waals surface area contributed by atoms with Crippen molar-refractivity contribution in [3.05, 3.63) is 40.9 Å². The number of aromatic nitrogens is 3. The lowest BCUT2D eigenvalue weighted by Gasteiger charge is -2.08. The fraction of sp³-hybridized carbons (Fsp3) is 0.400. The summed E-state index contributed by atoms with van der Waals surface area (Å²) < 4.78 is 1.58. The molecule has 7 heteroatoms. The molecule has 0 spiro atoms. The van der Waals surface area contributed by atoms with Crippen LogP contribution in [0.2, 0.25) is 5.02 Å². The summed E-state index contributed by atoms with van der Waals surface area (Å²) in [6, 6.07) is 7.32. The summed E-state index contributed by atoms with van der Waals surface area (Å²) >= 11 is 6.16. The van der Waals surface area contributed by atoms with E-state index < -0.39 is 0 Å². The van der Waals surface area contributed by atoms with E-state index in [-0.39, 0.29) is 11.7 Å². The van der Waals surface area contributed by atoms with Crippen LogP contribution >= 0.6 is 11.6 Å². The Morgan fingerprint density at radius 3 is 2.77 bits per heavy atom. The van der Waals surface area contributed by atoms with Gasteiger partial charge in [0.1, 0.15) is 5.82 Å². The summed E-state index contributed by atoms with van der Waals surface area (Å²) in [7, 11) is 4.00. The molecular weight excluding hydrogens is 302 g/mol. The SMILES string of the molecule is Cc1nc(C(=O)NCCCN(C)C)nn1-c1ccccc1Cl. The van der Waals surface area contributed by atoms with E-state index in [1.54, 1.807) is 17.7 Å². The highest BCUT2D eigenvalue weighted by atomic mass is 35.5. The Balaban J connectivity index is 2.06. The minimum Gasteiger partial charge on any atom is -0.349 e. The Bertz CT molecular complexity index is 653. The monoisotopic (exact) mass is 321 g/mol. The van der Waals surface area contributed by atoms with Gasteiger partial charge in [0.05, 0.1) is 10.7 Å². The van der Waals surface area contributed by atoms with E-state index >= 15 is 0 Å². The van der Waals surface area contributed by atoms with E-state index in [2.05, 4.69) is 20.3 Å². The molecule has 1 aromatic heterocycles. The number of rotatable bonds is 6. The number of aryl methyl sites for hydroxylation is 1. The van der Waals surface area contributed by atoms with Crippen molar-refractivity contribution in [1.29, 1.82) is 0 Å². The Labute approximate surface area is 135 Å². The van der Waals surface area contributed by atoms with Gasteiger partial charge in [0, 0.05) is 6.54 Å². The number of nitrogens with one attached hydrogen (secondary N) is 1. The smallest absolute Gasteiger partial charge is 0.290 e. The van der Waals surface area contributed by atoms with Crippen molar-refractivity contribution in [2.45, 2.75) is 13.3 Å². The van der Waals surface area contributed by atoms with E-state index in [1.807, 2.05) is 32.3 Å². The molecule has 0 aliphatic carbocycles. The standard InChI is InChI=1S/C15H20ClN5O/c1-11-18-14(15(22)17-9-6-10-20(2)3)19-21(11)13-8-5-4-7-12(13)16/h4-5,7-8H,6,9-10H2,1-3H3,(H,17,22). The van der Waals surface area contributed by atoms with Crippen molar-refractivity contribution in [3.63, 3.8) is 0 Å². The van der Waals surface area contributed by atoms with Crippen LogP contribution in [-0.2, 0) is 0 Å². The molecule has 0 saturated carbocycles. The normalized spacial score (nSPS) is 11.0. The maximum Gasteiger partial charge on any atom is 0.290 e. The van der Waals surface area contributed by atoms with Gasteiger partial charge in [0.15, 0.2) is 0 Å². The number of hydrogen-bond donors (Lipinski definition) is 1. The highest BCUT2D eigenvalue weighted by Crippen LogP contribution is 2.20. The minimum atomic E-state index is -0.271. The zero-order valence-electron chi connectivity index (χ0n) is 13.0. The molecule has 1 aromatic carbocycles. The Morgan fingerprint density at radius 2 is 2.09 bits per heavy atom. The molecule has 2 aromatic rings. The summed E-state index contributed by atoms with van der Waals surface area (Å²) in [6.07, 6.45) is 0.878. The maximum absolute atomic E-state index is 12.1. The third-order valence-electron chi connectivity index (χ3n) is 3.12. The summed E-state index contributed by atoms with van der Waals surface area (Å²) in [6.45, 7) is 3.30. The van der Waals surface area contributed by atoms with Gasteiger partial charge < -0.3 is 10.2 Å². The molecule has 0 fully saturated rings. The molecule has 0 saturated heterocycles. The quantitative estimate of drug-likeness (QED) is 0.826. The second kappa shape index (κ2) is 7.38. The maximum atomic E-state index is 12.1. The zero-order valence-corrected chi connectivity index (χ0v) is 13.8. The van der Waals surface area contributed by atoms with Crippen LogP contribution in [0.4, 0.5) is 0 Å². The molecule has 22 heavy (non-hydrogen) atoms. The average molecular weight is 322 g/mol. The number of benzene rings is 1. The van der Waals surface area contributed by atoms with Crippen LogP contribution in [0.25, 0.3) is 5.69 Å². The second-order valence-electron chi connectivity index (χ2n) is 5.26. The molecule has 1 heterocycles. The average Bonchev–Trinajstić information content (AvgIpc) is 2.86. The molecule has 0 unspecified atom stereocenters. The summed E-state index contributed by atoms with van der Waals surface area (Å²) in [5.41, 5.74) is 0.709. The molecule has 0 aliphatic heterocycles. The predicted octanol–water partition coefficient (Wildman–Crippen LogP) is 1.91. The van der Waals surface area contributed by atoms with Crippen LogP contribution in [0.1, 0.15) is 22.9 Å². The number of amides is 1. The van der Waals surface area contributed by atoms with Crippen LogP contribution in [0, 0.1) is 6.92 Å². The van der Waals surface area contributed by atoms with Crippen molar-refractivity contribution in [1.82, 2.24) is 25.0 Å². The number of carbonyl (C=O) groups excluding carboxylic acids is 1. The molecule has 0 atom stereocenters. The first-order chi connectivity index (χ1) is 10.5. The van der Waals surface area contributed by atoms with Gasteiger partial charge in [-0.1, -0.05) is 23.7 Å². The number of hydrogen-bond acceptors (Lipinski definition) is 4. The molecular formula is C15H20ClN5O. The minimum absolute atomic E-state index is 0.155. The Morgan fingerprint density at radius 1 is 1.36 bits per heavy atom. The van der Waals surface area contributed by atoms with Crippen LogP contribution < -0.4 is 5.32 Å². The molecule has 0 bridgehead atoms. The van der Waals surface area contributed by atoms with Gasteiger partial charge in [0.25, 0.3) is 5.91 Å². The van der Waals surface area contributed by atoms with Gasteiger partial charge in [-0.3, -0.25) is 4.79 Å². The number of para-hydroxylation sites is 1. The number of halogens is 1. The van der Waals surface area contributed by atoms with Crippen LogP contribution in [0.5, 0.6) is 0 Å². The lowest BCUT2D eigenvalue weighted by atomic mass is 10.3. The van der Waals surface area contributed by atoms with E-state index in [0.717, 1.165) is 13.0 Å². The first kappa shape index (κ1) is 16.5. The fourth-order valence-electron chi connectivity index (χ4n) is 2.01. The molecule has 6 nitrogen and oxygen atoms in total. The molecule has 0 radical (unpaired) electrons. The van der Waals surface area contributed by atoms with E-state index in [1.165, 1.54) is 0 Å². The molecule has 1 N–H and O–H groups in total. The largest absolute Gasteiger partial charge is 0.349 e. The van der Waals surface area contributed by atoms with Crippen molar-refractivity contribution in [2.75, 3.05) is 27.2 Å². The fourth-order valence-corrected chi connectivity index (χ4v) is 2.23. The van der Waals surface area contributed by atoms with Gasteiger partial charge in [-0.05, 0) is 46.1 Å². The Hall–Kier alpha value is -1.92. The first-order valence-electron chi connectivity index (χ1n) is 7.10. The van der Waals surface area contributed by atoms with Crippen LogP contribution in [0.15, 0.2) is 24.3 Å². The third-order valence-corrected chi connectivity index (χ3v) is 3.44. The molecule has 2 rings (SSSR count). The summed E-state index contributed by atoms with van der Waals surface area (Å²) in [5, 5.41) is 7.64. The van der Waals surface area contributed by atoms with E-state index in [9.17, 15) is 4.79 Å². The molecule has 1 amide bonds. The van der Waals surface area contributed by atoms with Crippen molar-refractivity contribution >= 4 is 17.5 Å². The second-order valence-corrected chi connectivity index (χ2v) is 5.67. The highest BCUT2D eigenvalue weighted by Gasteiger charge is 2.15. The number of carbonyl (C=O) groups is 1. The van der Waals surface area contributed by atoms with E-state index in [4.69, 9.17) is 11.6 Å². The summed E-state index contributed by atoms with van der Waals surface area (Å²) in [4.78, 5) is 18.4. The van der Waals surface area contributed by atoms with Gasteiger partial charge in [0.2, 0.25) is 5.82 Å². The molecule has 118 valence electrons. The lowest BCUT2D eigenvalue weighted by molar-refractivity contribution is 0.0942. The van der Waals surface area contributed by atoms with E-state index in [0.29, 0.717) is 23.1 Å². The highest BCUT2D eigenvalue weighted by molar-refractivity contribution is 6.32. The van der Waals surface area contributed by atoms with Crippen molar-refractivity contribution in [3.8, 4) is 5.69 Å². The predicted molar refractivity (Wildman–Crippen MR) is 86.6 cm³/mol. The van der Waals surface area contributed by atoms with Crippen molar-refractivity contribution < 1.29 is 4.79 Å². The van der Waals surface area contributed by atoms with Gasteiger partial charge in [-0.2, -0.15) is 0 Å². The number of nitrogens with zero attached hydrogens (tertiary/aromatic N) is 4. The third kappa shape index (κ3) is 4.05. The lowest BCUT2D eigenvalue weighted by Crippen LogP contribution is -2.28. The van der Waals surface area contributed by atoms with Gasteiger partial charge >= 0.3 is 0 Å². The van der Waals surface area contributed by atoms with Gasteiger partial charge in [-0.15, -0.1) is 5.10 Å². The van der Waals surface area contributed by atoms with Crippen LogP contribution in [0.3, 0.4) is 0 Å². The van der Waals surface area contributed by atoms with Crippen LogP contribution in [-0.4, -0.2) is 52.8 Å². The zero-order chi connectivity index (χ0) is 16.1. The topological polar surface area (TPSA) is 63.1 Å². The molecule has 0 aliphatic rings.